The Hall–Kier alpha value is -2.53. The molecule has 3 N–H and O–H groups in total. The molecular weight excluding hydrogens is 276 g/mol. The van der Waals surface area contributed by atoms with Crippen molar-refractivity contribution in [2.45, 2.75) is 6.92 Å². The van der Waals surface area contributed by atoms with Crippen molar-refractivity contribution in [3.8, 4) is 11.1 Å². The molecule has 3 rings (SSSR count). The van der Waals surface area contributed by atoms with Gasteiger partial charge in [0.25, 0.3) is 0 Å². The predicted octanol–water partition coefficient (Wildman–Crippen LogP) is 2.32. The number of likely N-dealkylation sites (N-methyl/N-ethyl adjacent to an activating group) is 1. The van der Waals surface area contributed by atoms with Gasteiger partial charge in [-0.05, 0) is 30.3 Å². The molecule has 114 valence electrons. The molecule has 3 aromatic rings. The summed E-state index contributed by atoms with van der Waals surface area (Å²) >= 11 is 0. The lowest BCUT2D eigenvalue weighted by molar-refractivity contribution is 0.739. The van der Waals surface area contributed by atoms with E-state index >= 15 is 0 Å². The highest BCUT2D eigenvalue weighted by molar-refractivity contribution is 5.71. The van der Waals surface area contributed by atoms with Gasteiger partial charge in [0, 0.05) is 42.8 Å². The summed E-state index contributed by atoms with van der Waals surface area (Å²) < 4.78 is 1.75. The van der Waals surface area contributed by atoms with Crippen molar-refractivity contribution < 1.29 is 0 Å². The summed E-state index contributed by atoms with van der Waals surface area (Å²) in [7, 11) is 0. The third-order valence-electron chi connectivity index (χ3n) is 3.62. The van der Waals surface area contributed by atoms with Gasteiger partial charge in [-0.3, -0.25) is 9.31 Å². The topological polar surface area (TPSA) is 61.3 Å². The van der Waals surface area contributed by atoms with Crippen LogP contribution in [0.25, 0.3) is 16.6 Å². The second-order valence-corrected chi connectivity index (χ2v) is 5.17. The lowest BCUT2D eigenvalue weighted by Crippen LogP contribution is -2.21. The predicted molar refractivity (Wildman–Crippen MR) is 90.5 cm³/mol. The number of nitrogens with zero attached hydrogens (tertiary/aromatic N) is 1. The molecule has 0 amide bonds. The van der Waals surface area contributed by atoms with Crippen molar-refractivity contribution >= 4 is 11.2 Å². The lowest BCUT2D eigenvalue weighted by Gasteiger charge is -2.07. The average molecular weight is 296 g/mol. The van der Waals surface area contributed by atoms with E-state index in [1.54, 1.807) is 10.7 Å². The minimum atomic E-state index is 0.0201. The van der Waals surface area contributed by atoms with Crippen LogP contribution >= 0.6 is 0 Å². The molecule has 0 spiro atoms. The van der Waals surface area contributed by atoms with E-state index in [1.165, 1.54) is 6.07 Å². The number of hydrogen-bond acceptors (Lipinski definition) is 3. The Morgan fingerprint density at radius 3 is 2.64 bits per heavy atom. The number of hydrogen-bond donors (Lipinski definition) is 3. The second kappa shape index (κ2) is 6.49. The van der Waals surface area contributed by atoms with E-state index in [4.69, 9.17) is 0 Å². The van der Waals surface area contributed by atoms with Crippen LogP contribution in [0.5, 0.6) is 0 Å². The Labute approximate surface area is 129 Å². The highest BCUT2D eigenvalue weighted by Gasteiger charge is 2.04. The molecule has 0 atom stereocenters. The molecule has 1 aromatic carbocycles. The van der Waals surface area contributed by atoms with E-state index < -0.39 is 0 Å². The van der Waals surface area contributed by atoms with Crippen LogP contribution in [-0.2, 0) is 0 Å². The smallest absolute Gasteiger partial charge is 0.205 e. The molecule has 2 aromatic heterocycles. The fourth-order valence-electron chi connectivity index (χ4n) is 2.45. The standard InChI is InChI=1S/C17H20N4O/c1-2-18-9-10-19-15-5-3-13(4-6-15)14-11-16-17(22)7-8-20-21(16)12-14/h3-8,11-12,18-20H,2,9-10H2,1H3. The molecule has 5 heteroatoms. The lowest BCUT2D eigenvalue weighted by atomic mass is 10.1. The van der Waals surface area contributed by atoms with Gasteiger partial charge in [-0.15, -0.1) is 0 Å². The molecule has 0 fully saturated rings. The van der Waals surface area contributed by atoms with Crippen LogP contribution < -0.4 is 16.1 Å². The minimum absolute atomic E-state index is 0.0201. The Morgan fingerprint density at radius 2 is 1.91 bits per heavy atom. The molecule has 0 aliphatic heterocycles. The number of rotatable bonds is 6. The largest absolute Gasteiger partial charge is 0.384 e. The van der Waals surface area contributed by atoms with E-state index in [1.807, 2.05) is 12.3 Å². The van der Waals surface area contributed by atoms with Crippen LogP contribution in [0.4, 0.5) is 5.69 Å². The van der Waals surface area contributed by atoms with Gasteiger partial charge < -0.3 is 15.7 Å². The number of anilines is 1. The van der Waals surface area contributed by atoms with Crippen LogP contribution in [0.15, 0.2) is 53.6 Å². The fourth-order valence-corrected chi connectivity index (χ4v) is 2.45. The zero-order chi connectivity index (χ0) is 15.4. The van der Waals surface area contributed by atoms with E-state index in [-0.39, 0.29) is 5.43 Å². The molecule has 0 aliphatic rings. The summed E-state index contributed by atoms with van der Waals surface area (Å²) in [5.41, 5.74) is 3.89. The maximum atomic E-state index is 11.8. The maximum absolute atomic E-state index is 11.8. The van der Waals surface area contributed by atoms with Crippen LogP contribution in [0.2, 0.25) is 0 Å². The summed E-state index contributed by atoms with van der Waals surface area (Å²) in [6, 6.07) is 11.7. The molecule has 0 saturated heterocycles. The van der Waals surface area contributed by atoms with Crippen molar-refractivity contribution in [1.82, 2.24) is 14.9 Å². The molecule has 0 unspecified atom stereocenters. The number of aromatic amines is 1. The van der Waals surface area contributed by atoms with Gasteiger partial charge in [-0.2, -0.15) is 0 Å². The van der Waals surface area contributed by atoms with E-state index in [0.29, 0.717) is 5.52 Å². The van der Waals surface area contributed by atoms with Crippen molar-refractivity contribution in [3.63, 3.8) is 0 Å². The number of benzene rings is 1. The Balaban J connectivity index is 1.76. The third kappa shape index (κ3) is 3.04. The number of H-pyrrole nitrogens is 1. The number of fused-ring (bicyclic) bond motifs is 1. The van der Waals surface area contributed by atoms with E-state index in [2.05, 4.69) is 46.9 Å². The van der Waals surface area contributed by atoms with Gasteiger partial charge in [0.2, 0.25) is 5.43 Å². The quantitative estimate of drug-likeness (QED) is 0.612. The molecule has 0 saturated carbocycles. The van der Waals surface area contributed by atoms with Gasteiger partial charge in [0.05, 0.1) is 0 Å². The van der Waals surface area contributed by atoms with Crippen LogP contribution in [0.1, 0.15) is 6.92 Å². The summed E-state index contributed by atoms with van der Waals surface area (Å²) in [4.78, 5) is 11.8. The van der Waals surface area contributed by atoms with Crippen LogP contribution in [0.3, 0.4) is 0 Å². The van der Waals surface area contributed by atoms with Gasteiger partial charge in [0.15, 0.2) is 0 Å². The Kier molecular flexibility index (Phi) is 4.25. The van der Waals surface area contributed by atoms with Crippen molar-refractivity contribution in [1.29, 1.82) is 0 Å². The SMILES string of the molecule is CCNCCNc1ccc(-c2cc3c(=O)cc[nH]n3c2)cc1. The highest BCUT2D eigenvalue weighted by Crippen LogP contribution is 2.22. The molecule has 5 nitrogen and oxygen atoms in total. The van der Waals surface area contributed by atoms with Crippen molar-refractivity contribution in [3.05, 3.63) is 59.0 Å². The van der Waals surface area contributed by atoms with Gasteiger partial charge >= 0.3 is 0 Å². The Morgan fingerprint density at radius 1 is 1.09 bits per heavy atom. The summed E-state index contributed by atoms with van der Waals surface area (Å²) in [6.45, 7) is 4.94. The van der Waals surface area contributed by atoms with Gasteiger partial charge in [-0.25, -0.2) is 0 Å². The normalized spacial score (nSPS) is 11.0. The first-order valence-electron chi connectivity index (χ1n) is 7.53. The zero-order valence-electron chi connectivity index (χ0n) is 12.6. The first-order valence-corrected chi connectivity index (χ1v) is 7.53. The monoisotopic (exact) mass is 296 g/mol. The Bertz CT molecular complexity index is 801. The van der Waals surface area contributed by atoms with Crippen LogP contribution in [-0.4, -0.2) is 29.2 Å². The fraction of sp³-hybridized carbons (Fsp3) is 0.235. The molecule has 0 bridgehead atoms. The maximum Gasteiger partial charge on any atom is 0.205 e. The van der Waals surface area contributed by atoms with Crippen molar-refractivity contribution in [2.24, 2.45) is 0 Å². The van der Waals surface area contributed by atoms with Gasteiger partial charge in [-0.1, -0.05) is 19.1 Å². The first kappa shape index (κ1) is 14.4. The molecular formula is C17H20N4O. The highest BCUT2D eigenvalue weighted by atomic mass is 16.1. The zero-order valence-corrected chi connectivity index (χ0v) is 12.6. The average Bonchev–Trinajstić information content (AvgIpc) is 2.98. The van der Waals surface area contributed by atoms with Crippen LogP contribution in [0, 0.1) is 0 Å². The van der Waals surface area contributed by atoms with Crippen molar-refractivity contribution in [2.75, 3.05) is 25.0 Å². The van der Waals surface area contributed by atoms with Gasteiger partial charge in [0.1, 0.15) is 5.52 Å². The summed E-state index contributed by atoms with van der Waals surface area (Å²) in [6.07, 6.45) is 3.58. The molecule has 0 radical (unpaired) electrons. The summed E-state index contributed by atoms with van der Waals surface area (Å²) in [5.74, 6) is 0. The number of nitrogens with one attached hydrogen (secondary N) is 3. The number of aromatic nitrogens is 2. The molecule has 22 heavy (non-hydrogen) atoms. The van der Waals surface area contributed by atoms with E-state index in [0.717, 1.165) is 36.4 Å². The van der Waals surface area contributed by atoms with E-state index in [9.17, 15) is 4.79 Å². The molecule has 0 aliphatic carbocycles. The second-order valence-electron chi connectivity index (χ2n) is 5.17. The third-order valence-corrected chi connectivity index (χ3v) is 3.62. The molecule has 2 heterocycles. The summed E-state index contributed by atoms with van der Waals surface area (Å²) in [5, 5.41) is 9.68. The minimum Gasteiger partial charge on any atom is -0.384 e. The first-order chi connectivity index (χ1) is 10.8.